The standard InChI is InChI=1S/C26H16O4/c27-25-20-14-8-16-22(30-18-11-5-2-6-12-18)24(20)26(28)19-13-7-15-21(23(19)25)29-17-9-3-1-4-10-17/h1-16H. The summed E-state index contributed by atoms with van der Waals surface area (Å²) in [6, 6.07) is 28.5. The lowest BCUT2D eigenvalue weighted by molar-refractivity contribution is 0.0975. The van der Waals surface area contributed by atoms with Gasteiger partial charge in [0.2, 0.25) is 0 Å². The Morgan fingerprint density at radius 3 is 1.23 bits per heavy atom. The molecule has 0 heterocycles. The smallest absolute Gasteiger partial charge is 0.198 e. The van der Waals surface area contributed by atoms with E-state index >= 15 is 0 Å². The van der Waals surface area contributed by atoms with Crippen LogP contribution in [-0.4, -0.2) is 11.6 Å². The van der Waals surface area contributed by atoms with Gasteiger partial charge < -0.3 is 9.47 Å². The summed E-state index contributed by atoms with van der Waals surface area (Å²) in [5, 5.41) is 0. The zero-order chi connectivity index (χ0) is 20.5. The molecule has 5 rings (SSSR count). The van der Waals surface area contributed by atoms with E-state index in [1.54, 1.807) is 60.7 Å². The van der Waals surface area contributed by atoms with Crippen molar-refractivity contribution in [1.29, 1.82) is 0 Å². The number of ketones is 2. The zero-order valence-electron chi connectivity index (χ0n) is 15.9. The molecule has 0 N–H and O–H groups in total. The summed E-state index contributed by atoms with van der Waals surface area (Å²) in [6.45, 7) is 0. The van der Waals surface area contributed by atoms with Crippen molar-refractivity contribution >= 4 is 11.6 Å². The summed E-state index contributed by atoms with van der Waals surface area (Å²) < 4.78 is 11.9. The van der Waals surface area contributed by atoms with Crippen molar-refractivity contribution in [2.75, 3.05) is 0 Å². The van der Waals surface area contributed by atoms with Crippen LogP contribution >= 0.6 is 0 Å². The number of benzene rings is 4. The summed E-state index contributed by atoms with van der Waals surface area (Å²) in [6.07, 6.45) is 0. The number of hydrogen-bond acceptors (Lipinski definition) is 4. The minimum atomic E-state index is -0.260. The van der Waals surface area contributed by atoms with Crippen LogP contribution in [0, 0.1) is 0 Å². The summed E-state index contributed by atoms with van der Waals surface area (Å²) >= 11 is 0. The Kier molecular flexibility index (Phi) is 4.37. The van der Waals surface area contributed by atoms with Gasteiger partial charge in [0.25, 0.3) is 0 Å². The largest absolute Gasteiger partial charge is 0.457 e. The van der Waals surface area contributed by atoms with Crippen molar-refractivity contribution < 1.29 is 19.1 Å². The molecular formula is C26H16O4. The van der Waals surface area contributed by atoms with Crippen molar-refractivity contribution in [1.82, 2.24) is 0 Å². The number of hydrogen-bond donors (Lipinski definition) is 0. The first kappa shape index (κ1) is 17.9. The lowest BCUT2D eigenvalue weighted by atomic mass is 9.83. The van der Waals surface area contributed by atoms with Gasteiger partial charge in [0.1, 0.15) is 23.0 Å². The number of ether oxygens (including phenoxy) is 2. The van der Waals surface area contributed by atoms with Crippen molar-refractivity contribution in [2.45, 2.75) is 0 Å². The van der Waals surface area contributed by atoms with E-state index in [1.807, 2.05) is 36.4 Å². The van der Waals surface area contributed by atoms with E-state index < -0.39 is 0 Å². The van der Waals surface area contributed by atoms with Crippen LogP contribution in [-0.2, 0) is 0 Å². The van der Waals surface area contributed by atoms with Gasteiger partial charge in [0.05, 0.1) is 11.1 Å². The average molecular weight is 392 g/mol. The Balaban J connectivity index is 1.60. The third-order valence-corrected chi connectivity index (χ3v) is 4.94. The van der Waals surface area contributed by atoms with Crippen LogP contribution in [0.5, 0.6) is 23.0 Å². The minimum Gasteiger partial charge on any atom is -0.457 e. The Labute approximate surface area is 173 Å². The summed E-state index contributed by atoms with van der Waals surface area (Å²) in [5.74, 6) is 1.39. The van der Waals surface area contributed by atoms with E-state index in [0.717, 1.165) is 0 Å². The Morgan fingerprint density at radius 2 is 0.833 bits per heavy atom. The first-order valence-electron chi connectivity index (χ1n) is 9.53. The number of fused-ring (bicyclic) bond motifs is 2. The predicted molar refractivity (Wildman–Crippen MR) is 113 cm³/mol. The first-order valence-corrected chi connectivity index (χ1v) is 9.53. The topological polar surface area (TPSA) is 52.6 Å². The van der Waals surface area contributed by atoms with E-state index in [-0.39, 0.29) is 22.7 Å². The van der Waals surface area contributed by atoms with Gasteiger partial charge in [-0.2, -0.15) is 0 Å². The third kappa shape index (κ3) is 3.05. The molecular weight excluding hydrogens is 376 g/mol. The van der Waals surface area contributed by atoms with E-state index in [2.05, 4.69) is 0 Å². The van der Waals surface area contributed by atoms with Gasteiger partial charge >= 0.3 is 0 Å². The molecule has 0 saturated carbocycles. The fourth-order valence-electron chi connectivity index (χ4n) is 3.58. The summed E-state index contributed by atoms with van der Waals surface area (Å²) in [7, 11) is 0. The van der Waals surface area contributed by atoms with E-state index in [4.69, 9.17) is 9.47 Å². The maximum absolute atomic E-state index is 13.4. The SMILES string of the molecule is O=C1c2cccc(Oc3ccccc3)c2C(=O)c2cccc(Oc3ccccc3)c21. The highest BCUT2D eigenvalue weighted by atomic mass is 16.5. The Bertz CT molecular complexity index is 1160. The summed E-state index contributed by atoms with van der Waals surface area (Å²) in [4.78, 5) is 26.8. The van der Waals surface area contributed by atoms with Crippen LogP contribution in [0.1, 0.15) is 31.8 Å². The predicted octanol–water partition coefficient (Wildman–Crippen LogP) is 6.05. The van der Waals surface area contributed by atoms with Crippen molar-refractivity contribution in [3.8, 4) is 23.0 Å². The van der Waals surface area contributed by atoms with Gasteiger partial charge in [0.15, 0.2) is 11.6 Å². The van der Waals surface area contributed by atoms with Crippen molar-refractivity contribution in [3.05, 3.63) is 119 Å². The summed E-state index contributed by atoms with van der Waals surface area (Å²) in [5.41, 5.74) is 1.17. The Morgan fingerprint density at radius 1 is 0.433 bits per heavy atom. The van der Waals surface area contributed by atoms with E-state index in [0.29, 0.717) is 34.1 Å². The lowest BCUT2D eigenvalue weighted by Crippen LogP contribution is -2.22. The second-order valence-electron chi connectivity index (χ2n) is 6.85. The molecule has 144 valence electrons. The van der Waals surface area contributed by atoms with Gasteiger partial charge in [-0.25, -0.2) is 0 Å². The quantitative estimate of drug-likeness (QED) is 0.374. The molecule has 4 aromatic rings. The van der Waals surface area contributed by atoms with Gasteiger partial charge in [0, 0.05) is 11.1 Å². The highest BCUT2D eigenvalue weighted by Gasteiger charge is 2.34. The first-order chi connectivity index (χ1) is 14.7. The molecule has 30 heavy (non-hydrogen) atoms. The second kappa shape index (κ2) is 7.33. The molecule has 0 aliphatic heterocycles. The Hall–Kier alpha value is -4.18. The minimum absolute atomic E-state index is 0.260. The molecule has 0 unspecified atom stereocenters. The highest BCUT2D eigenvalue weighted by Crippen LogP contribution is 2.39. The number of carbonyl (C=O) groups excluding carboxylic acids is 2. The molecule has 4 nitrogen and oxygen atoms in total. The van der Waals surface area contributed by atoms with Gasteiger partial charge in [-0.05, 0) is 36.4 Å². The number of carbonyl (C=O) groups is 2. The van der Waals surface area contributed by atoms with Gasteiger partial charge in [-0.1, -0.05) is 60.7 Å². The van der Waals surface area contributed by atoms with Crippen molar-refractivity contribution in [3.63, 3.8) is 0 Å². The highest BCUT2D eigenvalue weighted by molar-refractivity contribution is 6.30. The average Bonchev–Trinajstić information content (AvgIpc) is 2.79. The van der Waals surface area contributed by atoms with Crippen LogP contribution in [0.4, 0.5) is 0 Å². The fourth-order valence-corrected chi connectivity index (χ4v) is 3.58. The molecule has 0 atom stereocenters. The monoisotopic (exact) mass is 392 g/mol. The molecule has 0 aromatic heterocycles. The molecule has 0 amide bonds. The molecule has 0 bridgehead atoms. The van der Waals surface area contributed by atoms with Crippen LogP contribution in [0.3, 0.4) is 0 Å². The second-order valence-corrected chi connectivity index (χ2v) is 6.85. The zero-order valence-corrected chi connectivity index (χ0v) is 15.9. The van der Waals surface area contributed by atoms with Gasteiger partial charge in [-0.3, -0.25) is 9.59 Å². The van der Waals surface area contributed by atoms with E-state index in [1.165, 1.54) is 0 Å². The third-order valence-electron chi connectivity index (χ3n) is 4.94. The molecule has 0 fully saturated rings. The maximum Gasteiger partial charge on any atom is 0.198 e. The van der Waals surface area contributed by atoms with Crippen LogP contribution in [0.2, 0.25) is 0 Å². The molecule has 0 spiro atoms. The number of para-hydroxylation sites is 2. The van der Waals surface area contributed by atoms with Crippen molar-refractivity contribution in [2.24, 2.45) is 0 Å². The molecule has 0 radical (unpaired) electrons. The van der Waals surface area contributed by atoms with Crippen LogP contribution < -0.4 is 9.47 Å². The normalized spacial score (nSPS) is 12.1. The van der Waals surface area contributed by atoms with Crippen LogP contribution in [0.25, 0.3) is 0 Å². The molecule has 4 aromatic carbocycles. The van der Waals surface area contributed by atoms with E-state index in [9.17, 15) is 9.59 Å². The van der Waals surface area contributed by atoms with Crippen LogP contribution in [0.15, 0.2) is 97.1 Å². The maximum atomic E-state index is 13.4. The molecule has 1 aliphatic rings. The number of rotatable bonds is 4. The molecule has 4 heteroatoms. The molecule has 0 saturated heterocycles. The van der Waals surface area contributed by atoms with Gasteiger partial charge in [-0.15, -0.1) is 0 Å². The lowest BCUT2D eigenvalue weighted by Gasteiger charge is -2.22. The molecule has 1 aliphatic carbocycles. The fraction of sp³-hybridized carbons (Fsp3) is 0.